The van der Waals surface area contributed by atoms with Gasteiger partial charge in [-0.2, -0.15) is 5.10 Å². The number of carbonyl (C=O) groups excluding carboxylic acids is 2. The summed E-state index contributed by atoms with van der Waals surface area (Å²) in [6.45, 7) is 3.63. The highest BCUT2D eigenvalue weighted by molar-refractivity contribution is 6.32. The van der Waals surface area contributed by atoms with Crippen LogP contribution in [-0.4, -0.2) is 35.6 Å². The molecule has 0 spiro atoms. The Balaban J connectivity index is 1.90. The Kier molecular flexibility index (Phi) is 7.67. The summed E-state index contributed by atoms with van der Waals surface area (Å²) in [7, 11) is 0. The van der Waals surface area contributed by atoms with Crippen LogP contribution in [0.2, 0.25) is 5.02 Å². The maximum Gasteiger partial charge on any atom is 0.288 e. The highest BCUT2D eigenvalue weighted by atomic mass is 35.5. The molecule has 2 rings (SSSR count). The van der Waals surface area contributed by atoms with E-state index in [2.05, 4.69) is 15.8 Å². The van der Waals surface area contributed by atoms with E-state index in [0.717, 1.165) is 6.07 Å². The number of nitro benzene ring substituents is 1. The van der Waals surface area contributed by atoms with Gasteiger partial charge in [0.15, 0.2) is 6.61 Å². The van der Waals surface area contributed by atoms with Crippen molar-refractivity contribution in [2.45, 2.75) is 19.9 Å². The number of benzene rings is 2. The number of halogens is 1. The van der Waals surface area contributed by atoms with Gasteiger partial charge in [0, 0.05) is 17.7 Å². The molecule has 0 radical (unpaired) electrons. The Bertz CT molecular complexity index is 929. The minimum atomic E-state index is -0.668. The fourth-order valence-electron chi connectivity index (χ4n) is 2.19. The zero-order chi connectivity index (χ0) is 21.4. The van der Waals surface area contributed by atoms with Gasteiger partial charge in [0.25, 0.3) is 17.5 Å². The number of amides is 2. The third kappa shape index (κ3) is 6.89. The number of hydrogen-bond donors (Lipinski definition) is 2. The molecule has 0 aromatic heterocycles. The number of hydrazone groups is 1. The fraction of sp³-hybridized carbons (Fsp3) is 0.211. The number of nitrogens with zero attached hydrogens (tertiary/aromatic N) is 2. The third-order valence-electron chi connectivity index (χ3n) is 3.48. The Morgan fingerprint density at radius 1 is 1.24 bits per heavy atom. The Morgan fingerprint density at radius 3 is 2.55 bits per heavy atom. The van der Waals surface area contributed by atoms with Crippen molar-refractivity contribution in [3.8, 4) is 5.75 Å². The summed E-state index contributed by atoms with van der Waals surface area (Å²) in [5, 5.41) is 17.4. The molecule has 2 aromatic rings. The second kappa shape index (κ2) is 10.2. The lowest BCUT2D eigenvalue weighted by molar-refractivity contribution is -0.384. The van der Waals surface area contributed by atoms with Crippen molar-refractivity contribution in [3.63, 3.8) is 0 Å². The summed E-state index contributed by atoms with van der Waals surface area (Å²) >= 11 is 5.72. The Hall–Kier alpha value is -3.46. The lowest BCUT2D eigenvalue weighted by atomic mass is 10.2. The number of ether oxygens (including phenoxy) is 1. The Morgan fingerprint density at radius 2 is 1.93 bits per heavy atom. The van der Waals surface area contributed by atoms with Crippen molar-refractivity contribution >= 4 is 35.3 Å². The highest BCUT2D eigenvalue weighted by Crippen LogP contribution is 2.24. The quantitative estimate of drug-likeness (QED) is 0.387. The highest BCUT2D eigenvalue weighted by Gasteiger charge is 2.15. The first-order valence-electron chi connectivity index (χ1n) is 8.56. The molecule has 0 heterocycles. The van der Waals surface area contributed by atoms with E-state index >= 15 is 0 Å². The van der Waals surface area contributed by atoms with Crippen LogP contribution in [0.5, 0.6) is 5.75 Å². The molecular formula is C19H19ClN4O5. The molecule has 10 heteroatoms. The molecule has 0 unspecified atom stereocenters. The number of nitrogens with one attached hydrogen (secondary N) is 2. The van der Waals surface area contributed by atoms with Gasteiger partial charge in [-0.15, -0.1) is 0 Å². The molecule has 2 N–H and O–H groups in total. The molecule has 0 aliphatic heterocycles. The van der Waals surface area contributed by atoms with E-state index in [1.165, 1.54) is 18.3 Å². The van der Waals surface area contributed by atoms with E-state index in [4.69, 9.17) is 16.3 Å². The van der Waals surface area contributed by atoms with E-state index < -0.39 is 10.8 Å². The van der Waals surface area contributed by atoms with E-state index in [9.17, 15) is 19.7 Å². The van der Waals surface area contributed by atoms with Gasteiger partial charge in [-0.05, 0) is 55.8 Å². The van der Waals surface area contributed by atoms with Crippen LogP contribution in [0.3, 0.4) is 0 Å². The monoisotopic (exact) mass is 418 g/mol. The number of hydrogen-bond acceptors (Lipinski definition) is 6. The zero-order valence-electron chi connectivity index (χ0n) is 15.7. The predicted octanol–water partition coefficient (Wildman–Crippen LogP) is 2.92. The summed E-state index contributed by atoms with van der Waals surface area (Å²) in [4.78, 5) is 33.8. The second-order valence-electron chi connectivity index (χ2n) is 6.20. The third-order valence-corrected chi connectivity index (χ3v) is 3.80. The molecule has 0 atom stereocenters. The van der Waals surface area contributed by atoms with Crippen molar-refractivity contribution in [2.75, 3.05) is 6.61 Å². The van der Waals surface area contributed by atoms with Crippen LogP contribution in [0.1, 0.15) is 29.8 Å². The fourth-order valence-corrected chi connectivity index (χ4v) is 2.37. The van der Waals surface area contributed by atoms with Crippen LogP contribution < -0.4 is 15.5 Å². The van der Waals surface area contributed by atoms with Gasteiger partial charge in [-0.25, -0.2) is 5.43 Å². The second-order valence-corrected chi connectivity index (χ2v) is 6.61. The van der Waals surface area contributed by atoms with Gasteiger partial charge in [-0.1, -0.05) is 11.6 Å². The topological polar surface area (TPSA) is 123 Å². The maximum absolute atomic E-state index is 12.1. The lowest BCUT2D eigenvalue weighted by Gasteiger charge is -2.09. The molecule has 152 valence electrons. The summed E-state index contributed by atoms with van der Waals surface area (Å²) in [5.74, 6) is -0.313. The average Bonchev–Trinajstić information content (AvgIpc) is 2.67. The summed E-state index contributed by atoms with van der Waals surface area (Å²) in [6.07, 6.45) is 1.40. The molecule has 0 fully saturated rings. The lowest BCUT2D eigenvalue weighted by Crippen LogP contribution is -2.34. The molecule has 0 aliphatic carbocycles. The average molecular weight is 419 g/mol. The van der Waals surface area contributed by atoms with Crippen LogP contribution >= 0.6 is 11.6 Å². The summed E-state index contributed by atoms with van der Waals surface area (Å²) < 4.78 is 5.37. The molecule has 0 saturated heterocycles. The standard InChI is InChI=1S/C19H19ClN4O5/c1-12(2)22-18(25)11-29-15-6-3-13(4-7-15)10-21-23-19(26)14-5-8-16(20)17(9-14)24(27)28/h3-10,12H,11H2,1-2H3,(H,22,25)(H,23,26)/b21-10-. The van der Waals surface area contributed by atoms with Crippen molar-refractivity contribution in [1.82, 2.24) is 10.7 Å². The van der Waals surface area contributed by atoms with Gasteiger partial charge in [-0.3, -0.25) is 19.7 Å². The van der Waals surface area contributed by atoms with E-state index in [1.54, 1.807) is 24.3 Å². The molecule has 2 aromatic carbocycles. The van der Waals surface area contributed by atoms with E-state index in [-0.39, 0.29) is 34.8 Å². The van der Waals surface area contributed by atoms with Gasteiger partial charge >= 0.3 is 0 Å². The van der Waals surface area contributed by atoms with E-state index in [0.29, 0.717) is 11.3 Å². The van der Waals surface area contributed by atoms with E-state index in [1.807, 2.05) is 13.8 Å². The molecule has 0 saturated carbocycles. The predicted molar refractivity (Wildman–Crippen MR) is 108 cm³/mol. The number of nitro groups is 1. The van der Waals surface area contributed by atoms with Crippen molar-refractivity contribution in [2.24, 2.45) is 5.10 Å². The molecule has 9 nitrogen and oxygen atoms in total. The van der Waals surface area contributed by atoms with Gasteiger partial charge < -0.3 is 10.1 Å². The molecule has 2 amide bonds. The minimum absolute atomic E-state index is 0.0407. The van der Waals surface area contributed by atoms with Crippen molar-refractivity contribution in [3.05, 3.63) is 68.7 Å². The van der Waals surface area contributed by atoms with Crippen LogP contribution in [-0.2, 0) is 4.79 Å². The first kappa shape index (κ1) is 21.8. The number of rotatable bonds is 8. The van der Waals surface area contributed by atoms with Crippen LogP contribution in [0.15, 0.2) is 47.6 Å². The number of carbonyl (C=O) groups is 2. The van der Waals surface area contributed by atoms with Gasteiger partial charge in [0.2, 0.25) is 0 Å². The molecule has 29 heavy (non-hydrogen) atoms. The van der Waals surface area contributed by atoms with Gasteiger partial charge in [0.05, 0.1) is 11.1 Å². The smallest absolute Gasteiger partial charge is 0.288 e. The normalized spacial score (nSPS) is 10.8. The minimum Gasteiger partial charge on any atom is -0.484 e. The maximum atomic E-state index is 12.1. The molecule has 0 bridgehead atoms. The van der Waals surface area contributed by atoms with Crippen LogP contribution in [0.4, 0.5) is 5.69 Å². The summed E-state index contributed by atoms with van der Waals surface area (Å²) in [5.41, 5.74) is 2.66. The van der Waals surface area contributed by atoms with Crippen molar-refractivity contribution < 1.29 is 19.2 Å². The van der Waals surface area contributed by atoms with Crippen LogP contribution in [0.25, 0.3) is 0 Å². The van der Waals surface area contributed by atoms with Crippen LogP contribution in [0, 0.1) is 10.1 Å². The Labute approximate surface area is 171 Å². The largest absolute Gasteiger partial charge is 0.484 e. The zero-order valence-corrected chi connectivity index (χ0v) is 16.5. The van der Waals surface area contributed by atoms with Crippen molar-refractivity contribution in [1.29, 1.82) is 0 Å². The SMILES string of the molecule is CC(C)NC(=O)COc1ccc(/C=N\NC(=O)c2ccc(Cl)c([N+](=O)[O-])c2)cc1. The molecular weight excluding hydrogens is 400 g/mol. The first-order valence-corrected chi connectivity index (χ1v) is 8.93. The van der Waals surface area contributed by atoms with Gasteiger partial charge in [0.1, 0.15) is 10.8 Å². The summed E-state index contributed by atoms with van der Waals surface area (Å²) in [6, 6.07) is 10.5. The first-order chi connectivity index (χ1) is 13.8. The molecule has 0 aliphatic rings.